The molecule has 1 saturated heterocycles. The lowest BCUT2D eigenvalue weighted by Gasteiger charge is -2.25. The van der Waals surface area contributed by atoms with Gasteiger partial charge in [0.15, 0.2) is 9.84 Å². The normalized spacial score (nSPS) is 21.1. The van der Waals surface area contributed by atoms with E-state index < -0.39 is 9.84 Å². The Morgan fingerprint density at radius 2 is 2.24 bits per heavy atom. The van der Waals surface area contributed by atoms with E-state index in [4.69, 9.17) is 4.42 Å². The largest absolute Gasteiger partial charge is 0.423 e. The second kappa shape index (κ2) is 5.48. The van der Waals surface area contributed by atoms with Crippen molar-refractivity contribution in [2.45, 2.75) is 25.8 Å². The van der Waals surface area contributed by atoms with Gasteiger partial charge in [-0.15, -0.1) is 10.2 Å². The van der Waals surface area contributed by atoms with E-state index in [9.17, 15) is 8.42 Å². The molecule has 21 heavy (non-hydrogen) atoms. The summed E-state index contributed by atoms with van der Waals surface area (Å²) in [6.45, 7) is 1.98. The van der Waals surface area contributed by atoms with Gasteiger partial charge < -0.3 is 9.73 Å². The molecule has 2 aromatic rings. The van der Waals surface area contributed by atoms with E-state index in [0.717, 1.165) is 23.2 Å². The topological polar surface area (TPSA) is 85.1 Å². The maximum atomic E-state index is 11.7. The summed E-state index contributed by atoms with van der Waals surface area (Å²) in [5.74, 6) is 0.943. The van der Waals surface area contributed by atoms with Crippen LogP contribution in [0.15, 0.2) is 29.0 Å². The van der Waals surface area contributed by atoms with Crippen LogP contribution in [0.5, 0.6) is 0 Å². The molecule has 7 heteroatoms. The Hall–Kier alpha value is -1.89. The second-order valence-corrected chi connectivity index (χ2v) is 7.60. The first-order valence-corrected chi connectivity index (χ1v) is 8.70. The number of benzene rings is 1. The smallest absolute Gasteiger partial charge is 0.247 e. The average molecular weight is 307 g/mol. The van der Waals surface area contributed by atoms with Crippen molar-refractivity contribution in [2.75, 3.05) is 16.8 Å². The lowest BCUT2D eigenvalue weighted by atomic mass is 10.1. The molecular formula is C14H17N3O3S. The molecule has 2 heterocycles. The third-order valence-corrected chi connectivity index (χ3v) is 5.49. The van der Waals surface area contributed by atoms with E-state index in [0.29, 0.717) is 18.1 Å². The molecule has 1 aliphatic rings. The van der Waals surface area contributed by atoms with Crippen molar-refractivity contribution in [3.63, 3.8) is 0 Å². The van der Waals surface area contributed by atoms with Crippen molar-refractivity contribution < 1.29 is 12.8 Å². The highest BCUT2D eigenvalue weighted by Crippen LogP contribution is 2.26. The molecule has 1 unspecified atom stereocenters. The van der Waals surface area contributed by atoms with Gasteiger partial charge in [-0.05, 0) is 37.5 Å². The standard InChI is InChI=1S/C14H17N3O3S/c1-10-4-5-11(14-17-15-9-20-14)7-13(10)16-12-3-2-6-21(18,19)8-12/h4-5,7,9,12,16H,2-3,6,8H2,1H3. The van der Waals surface area contributed by atoms with Gasteiger partial charge in [0.05, 0.1) is 11.5 Å². The van der Waals surface area contributed by atoms with Crippen molar-refractivity contribution in [2.24, 2.45) is 0 Å². The first-order valence-electron chi connectivity index (χ1n) is 6.88. The van der Waals surface area contributed by atoms with Crippen LogP contribution in [0.1, 0.15) is 18.4 Å². The molecule has 0 amide bonds. The Bertz CT molecular complexity index is 726. The summed E-state index contributed by atoms with van der Waals surface area (Å²) in [5, 5.41) is 10.9. The average Bonchev–Trinajstić information content (AvgIpc) is 2.94. The van der Waals surface area contributed by atoms with E-state index in [1.165, 1.54) is 6.39 Å². The maximum absolute atomic E-state index is 11.7. The minimum atomic E-state index is -2.92. The first kappa shape index (κ1) is 14.1. The van der Waals surface area contributed by atoms with Crippen LogP contribution in [0, 0.1) is 6.92 Å². The number of sulfone groups is 1. The van der Waals surface area contributed by atoms with Gasteiger partial charge in [0, 0.05) is 17.3 Å². The van der Waals surface area contributed by atoms with Gasteiger partial charge in [0.1, 0.15) is 0 Å². The van der Waals surface area contributed by atoms with Crippen LogP contribution in [0.2, 0.25) is 0 Å². The molecule has 112 valence electrons. The molecule has 6 nitrogen and oxygen atoms in total. The van der Waals surface area contributed by atoms with Crippen LogP contribution in [0.4, 0.5) is 5.69 Å². The highest BCUT2D eigenvalue weighted by atomic mass is 32.2. The quantitative estimate of drug-likeness (QED) is 0.934. The highest BCUT2D eigenvalue weighted by molar-refractivity contribution is 7.91. The number of nitrogens with one attached hydrogen (secondary N) is 1. The van der Waals surface area contributed by atoms with Gasteiger partial charge in [-0.2, -0.15) is 0 Å². The number of hydrogen-bond acceptors (Lipinski definition) is 6. The molecule has 0 radical (unpaired) electrons. The fraction of sp³-hybridized carbons (Fsp3) is 0.429. The summed E-state index contributed by atoms with van der Waals surface area (Å²) in [5.41, 5.74) is 2.79. The van der Waals surface area contributed by atoms with E-state index in [1.54, 1.807) is 0 Å². The van der Waals surface area contributed by atoms with E-state index in [1.807, 2.05) is 25.1 Å². The van der Waals surface area contributed by atoms with Gasteiger partial charge >= 0.3 is 0 Å². The van der Waals surface area contributed by atoms with Crippen molar-refractivity contribution in [3.05, 3.63) is 30.2 Å². The minimum absolute atomic E-state index is 0.0413. The highest BCUT2D eigenvalue weighted by Gasteiger charge is 2.25. The van der Waals surface area contributed by atoms with Crippen LogP contribution in [-0.2, 0) is 9.84 Å². The number of hydrogen-bond donors (Lipinski definition) is 1. The SMILES string of the molecule is Cc1ccc(-c2nnco2)cc1NC1CCCS(=O)(=O)C1. The fourth-order valence-corrected chi connectivity index (χ4v) is 4.20. The Kier molecular flexibility index (Phi) is 3.67. The van der Waals surface area contributed by atoms with Crippen LogP contribution in [0.3, 0.4) is 0 Å². The molecule has 0 spiro atoms. The third-order valence-electron chi connectivity index (χ3n) is 3.67. The van der Waals surface area contributed by atoms with Crippen LogP contribution in [0.25, 0.3) is 11.5 Å². The summed E-state index contributed by atoms with van der Waals surface area (Å²) < 4.78 is 28.6. The molecule has 1 atom stereocenters. The first-order chi connectivity index (χ1) is 10.0. The van der Waals surface area contributed by atoms with Crippen molar-refractivity contribution in [1.29, 1.82) is 0 Å². The summed E-state index contributed by atoms with van der Waals surface area (Å²) in [7, 11) is -2.92. The van der Waals surface area contributed by atoms with E-state index in [2.05, 4.69) is 15.5 Å². The van der Waals surface area contributed by atoms with Gasteiger partial charge in [-0.1, -0.05) is 6.07 Å². The van der Waals surface area contributed by atoms with Gasteiger partial charge in [-0.3, -0.25) is 0 Å². The van der Waals surface area contributed by atoms with E-state index in [-0.39, 0.29) is 11.8 Å². The minimum Gasteiger partial charge on any atom is -0.423 e. The van der Waals surface area contributed by atoms with Gasteiger partial charge in [0.2, 0.25) is 12.3 Å². The van der Waals surface area contributed by atoms with E-state index >= 15 is 0 Å². The van der Waals surface area contributed by atoms with Crippen molar-refractivity contribution in [1.82, 2.24) is 10.2 Å². The molecule has 1 N–H and O–H groups in total. The number of nitrogens with zero attached hydrogens (tertiary/aromatic N) is 2. The molecule has 1 fully saturated rings. The zero-order valence-corrected chi connectivity index (χ0v) is 12.6. The molecule has 1 aliphatic heterocycles. The fourth-order valence-electron chi connectivity index (χ4n) is 2.57. The predicted molar refractivity (Wildman–Crippen MR) is 79.8 cm³/mol. The Labute approximate surface area is 123 Å². The van der Waals surface area contributed by atoms with Crippen LogP contribution in [-0.4, -0.2) is 36.2 Å². The number of aryl methyl sites for hydroxylation is 1. The van der Waals surface area contributed by atoms with Gasteiger partial charge in [0.25, 0.3) is 0 Å². The third kappa shape index (κ3) is 3.24. The zero-order chi connectivity index (χ0) is 14.9. The molecular weight excluding hydrogens is 290 g/mol. The van der Waals surface area contributed by atoms with Crippen LogP contribution < -0.4 is 5.32 Å². The zero-order valence-electron chi connectivity index (χ0n) is 11.7. The van der Waals surface area contributed by atoms with Crippen LogP contribution >= 0.6 is 0 Å². The lowest BCUT2D eigenvalue weighted by molar-refractivity contribution is 0.561. The second-order valence-electron chi connectivity index (χ2n) is 5.37. The van der Waals surface area contributed by atoms with Crippen molar-refractivity contribution in [3.8, 4) is 11.5 Å². The molecule has 3 rings (SSSR count). The predicted octanol–water partition coefficient (Wildman–Crippen LogP) is 2.03. The summed E-state index contributed by atoms with van der Waals surface area (Å²) in [6.07, 6.45) is 2.86. The summed E-state index contributed by atoms with van der Waals surface area (Å²) >= 11 is 0. The lowest BCUT2D eigenvalue weighted by Crippen LogP contribution is -2.35. The molecule has 0 aliphatic carbocycles. The number of anilines is 1. The maximum Gasteiger partial charge on any atom is 0.247 e. The Morgan fingerprint density at radius 3 is 2.95 bits per heavy atom. The Morgan fingerprint density at radius 1 is 1.38 bits per heavy atom. The molecule has 0 saturated carbocycles. The monoisotopic (exact) mass is 307 g/mol. The Balaban J connectivity index is 1.83. The van der Waals surface area contributed by atoms with Crippen molar-refractivity contribution >= 4 is 15.5 Å². The summed E-state index contributed by atoms with van der Waals surface area (Å²) in [4.78, 5) is 0. The van der Waals surface area contributed by atoms with Gasteiger partial charge in [-0.25, -0.2) is 8.42 Å². The summed E-state index contributed by atoms with van der Waals surface area (Å²) in [6, 6.07) is 5.75. The molecule has 1 aromatic carbocycles. The molecule has 1 aromatic heterocycles. The molecule has 0 bridgehead atoms. The number of aromatic nitrogens is 2. The number of rotatable bonds is 3.